The molecule has 0 saturated heterocycles. The maximum atomic E-state index is 13.7. The first-order valence-electron chi connectivity index (χ1n) is 5.21. The molecule has 3 aromatic rings. The van der Waals surface area contributed by atoms with E-state index < -0.39 is 11.6 Å². The molecular formula is C12H7F2N4Y-. The average molecular weight is 334 g/mol. The SMILES string of the molecule is Cc1nc2ncnn2[c-]c1-c1c(F)cccc1F.[Y]. The van der Waals surface area contributed by atoms with Gasteiger partial charge in [0.1, 0.15) is 6.33 Å². The smallest absolute Gasteiger partial charge is 0.166 e. The van der Waals surface area contributed by atoms with Crippen LogP contribution in [0, 0.1) is 24.8 Å². The summed E-state index contributed by atoms with van der Waals surface area (Å²) in [5, 5.41) is 3.85. The number of benzene rings is 1. The molecule has 3 rings (SSSR count). The van der Waals surface area contributed by atoms with Crippen LogP contribution >= 0.6 is 0 Å². The summed E-state index contributed by atoms with van der Waals surface area (Å²) in [5.41, 5.74) is 0.531. The van der Waals surface area contributed by atoms with E-state index in [9.17, 15) is 8.78 Å². The van der Waals surface area contributed by atoms with Gasteiger partial charge in [0.25, 0.3) is 0 Å². The Morgan fingerprint density at radius 3 is 2.58 bits per heavy atom. The van der Waals surface area contributed by atoms with Crippen LogP contribution in [0.2, 0.25) is 0 Å². The summed E-state index contributed by atoms with van der Waals surface area (Å²) in [5.74, 6) is -0.973. The minimum atomic E-state index is -0.657. The van der Waals surface area contributed by atoms with Gasteiger partial charge in [-0.1, -0.05) is 18.6 Å². The molecule has 0 amide bonds. The normalized spacial score (nSPS) is 10.5. The first-order valence-corrected chi connectivity index (χ1v) is 5.21. The van der Waals surface area contributed by atoms with E-state index >= 15 is 0 Å². The van der Waals surface area contributed by atoms with Crippen LogP contribution in [-0.2, 0) is 32.7 Å². The maximum Gasteiger partial charge on any atom is 0.166 e. The zero-order chi connectivity index (χ0) is 12.7. The molecule has 2 heterocycles. The van der Waals surface area contributed by atoms with Crippen LogP contribution in [0.5, 0.6) is 0 Å². The molecule has 0 fully saturated rings. The van der Waals surface area contributed by atoms with Gasteiger partial charge >= 0.3 is 0 Å². The molecule has 7 heteroatoms. The number of aryl methyl sites for hydroxylation is 1. The van der Waals surface area contributed by atoms with E-state index in [2.05, 4.69) is 21.3 Å². The Balaban J connectivity index is 0.00000133. The molecule has 4 nitrogen and oxygen atoms in total. The third kappa shape index (κ3) is 2.42. The predicted molar refractivity (Wildman–Crippen MR) is 59.7 cm³/mol. The third-order valence-corrected chi connectivity index (χ3v) is 2.59. The molecule has 0 bridgehead atoms. The van der Waals surface area contributed by atoms with Crippen LogP contribution in [0.4, 0.5) is 8.78 Å². The van der Waals surface area contributed by atoms with E-state index in [1.165, 1.54) is 29.0 Å². The molecule has 0 spiro atoms. The van der Waals surface area contributed by atoms with Crippen molar-refractivity contribution in [2.75, 3.05) is 0 Å². The van der Waals surface area contributed by atoms with E-state index in [4.69, 9.17) is 0 Å². The minimum absolute atomic E-state index is 0. The predicted octanol–water partition coefficient (Wildman–Crippen LogP) is 2.18. The molecular weight excluding hydrogens is 327 g/mol. The number of rotatable bonds is 1. The zero-order valence-electron chi connectivity index (χ0n) is 9.93. The number of halogens is 2. The largest absolute Gasteiger partial charge is 0.314 e. The third-order valence-electron chi connectivity index (χ3n) is 2.59. The van der Waals surface area contributed by atoms with Crippen molar-refractivity contribution in [3.8, 4) is 11.1 Å². The summed E-state index contributed by atoms with van der Waals surface area (Å²) in [6.07, 6.45) is 4.08. The fourth-order valence-electron chi connectivity index (χ4n) is 1.76. The number of hydrogen-bond donors (Lipinski definition) is 0. The molecule has 1 aromatic carbocycles. The quantitative estimate of drug-likeness (QED) is 0.641. The Labute approximate surface area is 132 Å². The molecule has 0 atom stereocenters. The van der Waals surface area contributed by atoms with E-state index in [-0.39, 0.29) is 43.8 Å². The van der Waals surface area contributed by atoms with Crippen LogP contribution in [0.1, 0.15) is 5.69 Å². The van der Waals surface area contributed by atoms with Crippen LogP contribution in [-0.4, -0.2) is 19.6 Å². The summed E-state index contributed by atoms with van der Waals surface area (Å²) in [7, 11) is 0. The van der Waals surface area contributed by atoms with Crippen molar-refractivity contribution in [1.82, 2.24) is 19.6 Å². The number of fused-ring (bicyclic) bond motifs is 1. The van der Waals surface area contributed by atoms with E-state index in [0.29, 0.717) is 11.5 Å². The Kier molecular flexibility index (Phi) is 4.01. The van der Waals surface area contributed by atoms with Crippen LogP contribution in [0.3, 0.4) is 0 Å². The second-order valence-electron chi connectivity index (χ2n) is 3.75. The monoisotopic (exact) mass is 334 g/mol. The van der Waals surface area contributed by atoms with Gasteiger partial charge < -0.3 is 4.98 Å². The molecule has 0 aliphatic heterocycles. The van der Waals surface area contributed by atoms with Crippen molar-refractivity contribution in [1.29, 1.82) is 0 Å². The van der Waals surface area contributed by atoms with Gasteiger partial charge in [-0.2, -0.15) is 5.10 Å². The summed E-state index contributed by atoms with van der Waals surface area (Å²) in [4.78, 5) is 8.00. The van der Waals surface area contributed by atoms with Gasteiger partial charge in [0, 0.05) is 32.7 Å². The van der Waals surface area contributed by atoms with E-state index in [1.807, 2.05) is 0 Å². The van der Waals surface area contributed by atoms with Gasteiger partial charge in [0.15, 0.2) is 5.78 Å². The van der Waals surface area contributed by atoms with Crippen molar-refractivity contribution in [2.45, 2.75) is 6.92 Å². The standard InChI is InChI=1S/C12H7F2N4.Y/c1-7-8(5-18-12(17-7)15-6-16-18)11-9(13)3-2-4-10(11)14;/h2-4,6H,1H3;/q-1;. The fraction of sp³-hybridized carbons (Fsp3) is 0.0833. The molecule has 93 valence electrons. The van der Waals surface area contributed by atoms with Gasteiger partial charge in [-0.15, -0.1) is 0 Å². The fourth-order valence-corrected chi connectivity index (χ4v) is 1.76. The topological polar surface area (TPSA) is 43.1 Å². The summed E-state index contributed by atoms with van der Waals surface area (Å²) < 4.78 is 28.7. The van der Waals surface area contributed by atoms with Crippen LogP contribution < -0.4 is 0 Å². The van der Waals surface area contributed by atoms with Crippen molar-refractivity contribution >= 4 is 5.78 Å². The van der Waals surface area contributed by atoms with Gasteiger partial charge in [-0.25, -0.2) is 13.8 Å². The van der Waals surface area contributed by atoms with E-state index in [0.717, 1.165) is 0 Å². The van der Waals surface area contributed by atoms with Crippen LogP contribution in [0.25, 0.3) is 16.9 Å². The maximum absolute atomic E-state index is 13.7. The molecule has 2 aromatic heterocycles. The minimum Gasteiger partial charge on any atom is -0.314 e. The first kappa shape index (κ1) is 14.1. The number of nitrogens with zero attached hydrogens (tertiary/aromatic N) is 4. The number of hydrogen-bond acceptors (Lipinski definition) is 3. The Morgan fingerprint density at radius 1 is 1.21 bits per heavy atom. The second kappa shape index (κ2) is 5.39. The average Bonchev–Trinajstić information content (AvgIpc) is 2.76. The molecule has 0 aliphatic rings. The molecule has 19 heavy (non-hydrogen) atoms. The van der Waals surface area contributed by atoms with Crippen molar-refractivity contribution in [3.05, 3.63) is 48.1 Å². The molecule has 0 N–H and O–H groups in total. The van der Waals surface area contributed by atoms with Crippen molar-refractivity contribution in [3.63, 3.8) is 0 Å². The number of aromatic nitrogens is 4. The van der Waals surface area contributed by atoms with Gasteiger partial charge in [-0.05, 0) is 29.6 Å². The summed E-state index contributed by atoms with van der Waals surface area (Å²) >= 11 is 0. The van der Waals surface area contributed by atoms with E-state index in [1.54, 1.807) is 6.92 Å². The Hall–Kier alpha value is -1.27. The first-order chi connectivity index (χ1) is 8.66. The molecule has 0 unspecified atom stereocenters. The second-order valence-corrected chi connectivity index (χ2v) is 3.75. The van der Waals surface area contributed by atoms with Gasteiger partial charge in [0.2, 0.25) is 0 Å². The molecule has 0 saturated carbocycles. The summed E-state index contributed by atoms with van der Waals surface area (Å²) in [6, 6.07) is 3.69. The Morgan fingerprint density at radius 2 is 1.89 bits per heavy atom. The molecule has 0 aliphatic carbocycles. The molecule has 1 radical (unpaired) electrons. The zero-order valence-corrected chi connectivity index (χ0v) is 12.8. The van der Waals surface area contributed by atoms with Gasteiger partial charge in [-0.3, -0.25) is 4.52 Å². The van der Waals surface area contributed by atoms with Crippen molar-refractivity contribution in [2.24, 2.45) is 0 Å². The van der Waals surface area contributed by atoms with Crippen LogP contribution in [0.15, 0.2) is 24.5 Å². The van der Waals surface area contributed by atoms with Gasteiger partial charge in [0.05, 0.1) is 11.6 Å². The Bertz CT molecular complexity index is 721. The summed E-state index contributed by atoms with van der Waals surface area (Å²) in [6.45, 7) is 1.65. The van der Waals surface area contributed by atoms with Crippen molar-refractivity contribution < 1.29 is 41.5 Å².